The summed E-state index contributed by atoms with van der Waals surface area (Å²) >= 11 is 1.29. The van der Waals surface area contributed by atoms with Crippen LogP contribution in [-0.2, 0) is 0 Å². The van der Waals surface area contributed by atoms with Gasteiger partial charge in [0.15, 0.2) is 11.5 Å². The molecule has 0 bridgehead atoms. The molecule has 5 rings (SSSR count). The normalized spacial score (nSPS) is 12.7. The zero-order valence-electron chi connectivity index (χ0n) is 13.6. The molecule has 0 spiro atoms. The number of rotatable bonds is 3. The van der Waals surface area contributed by atoms with Crippen LogP contribution in [0.4, 0.5) is 10.8 Å². The summed E-state index contributed by atoms with van der Waals surface area (Å²) in [5.41, 5.74) is 1.14. The van der Waals surface area contributed by atoms with E-state index < -0.39 is 0 Å². The Labute approximate surface area is 150 Å². The lowest BCUT2D eigenvalue weighted by Gasteiger charge is -2.03. The number of hydrogen-bond donors (Lipinski definition) is 1. The third-order valence-electron chi connectivity index (χ3n) is 4.03. The van der Waals surface area contributed by atoms with Gasteiger partial charge in [0.25, 0.3) is 5.56 Å². The molecule has 4 aromatic rings. The molecule has 1 N–H and O–H groups in total. The molecule has 8 nitrogen and oxygen atoms in total. The summed E-state index contributed by atoms with van der Waals surface area (Å²) in [6, 6.07) is 10.8. The molecule has 0 fully saturated rings. The van der Waals surface area contributed by atoms with Crippen LogP contribution < -0.4 is 25.1 Å². The van der Waals surface area contributed by atoms with Gasteiger partial charge in [-0.05, 0) is 30.3 Å². The van der Waals surface area contributed by atoms with Crippen LogP contribution in [0.2, 0.25) is 0 Å². The summed E-state index contributed by atoms with van der Waals surface area (Å²) in [5, 5.41) is 8.52. The van der Waals surface area contributed by atoms with Crippen molar-refractivity contribution in [3.8, 4) is 17.2 Å². The van der Waals surface area contributed by atoms with Crippen molar-refractivity contribution >= 4 is 38.0 Å². The van der Waals surface area contributed by atoms with Gasteiger partial charge in [0.2, 0.25) is 16.9 Å². The molecular formula is C17H12N4O4S. The van der Waals surface area contributed by atoms with Crippen molar-refractivity contribution in [2.75, 3.05) is 19.2 Å². The molecule has 3 heterocycles. The smallest absolute Gasteiger partial charge is 0.283 e. The highest BCUT2D eigenvalue weighted by Gasteiger charge is 2.18. The molecule has 0 radical (unpaired) electrons. The number of nitrogens with one attached hydrogen (secondary N) is 1. The maximum Gasteiger partial charge on any atom is 0.283 e. The Bertz CT molecular complexity index is 1200. The van der Waals surface area contributed by atoms with Crippen LogP contribution in [0.1, 0.15) is 0 Å². The van der Waals surface area contributed by atoms with Crippen LogP contribution in [-0.4, -0.2) is 28.5 Å². The Balaban J connectivity index is 1.59. The quantitative estimate of drug-likeness (QED) is 0.595. The maximum absolute atomic E-state index is 12.8. The van der Waals surface area contributed by atoms with Crippen LogP contribution in [0.25, 0.3) is 15.9 Å². The number of anilines is 2. The van der Waals surface area contributed by atoms with E-state index in [4.69, 9.17) is 14.2 Å². The monoisotopic (exact) mass is 368 g/mol. The first-order valence-corrected chi connectivity index (χ1v) is 8.57. The van der Waals surface area contributed by atoms with Gasteiger partial charge in [-0.1, -0.05) is 11.3 Å². The van der Waals surface area contributed by atoms with E-state index in [1.165, 1.54) is 15.9 Å². The Hall–Kier alpha value is -3.33. The minimum absolute atomic E-state index is 0.148. The molecule has 0 unspecified atom stereocenters. The number of methoxy groups -OCH3 is 1. The molecule has 0 atom stereocenters. The van der Waals surface area contributed by atoms with E-state index in [-0.39, 0.29) is 12.4 Å². The van der Waals surface area contributed by atoms with Crippen molar-refractivity contribution in [2.45, 2.75) is 0 Å². The van der Waals surface area contributed by atoms with Gasteiger partial charge >= 0.3 is 0 Å². The van der Waals surface area contributed by atoms with Crippen molar-refractivity contribution in [1.29, 1.82) is 0 Å². The van der Waals surface area contributed by atoms with E-state index in [1.807, 2.05) is 24.3 Å². The molecule has 0 aliphatic carbocycles. The van der Waals surface area contributed by atoms with Crippen LogP contribution in [0, 0.1) is 0 Å². The third kappa shape index (κ3) is 2.32. The van der Waals surface area contributed by atoms with Crippen molar-refractivity contribution in [1.82, 2.24) is 14.6 Å². The molecular weight excluding hydrogens is 356 g/mol. The Morgan fingerprint density at radius 1 is 1.19 bits per heavy atom. The summed E-state index contributed by atoms with van der Waals surface area (Å²) in [7, 11) is 1.62. The van der Waals surface area contributed by atoms with Crippen LogP contribution in [0.5, 0.6) is 17.2 Å². The molecule has 130 valence electrons. The predicted molar refractivity (Wildman–Crippen MR) is 97.0 cm³/mol. The van der Waals surface area contributed by atoms with Gasteiger partial charge in [-0.25, -0.2) is 4.98 Å². The fraction of sp³-hybridized carbons (Fsp3) is 0.118. The number of hydrogen-bond acceptors (Lipinski definition) is 8. The predicted octanol–water partition coefficient (Wildman–Crippen LogP) is 2.79. The van der Waals surface area contributed by atoms with E-state index in [0.717, 1.165) is 11.4 Å². The Kier molecular flexibility index (Phi) is 3.22. The van der Waals surface area contributed by atoms with E-state index in [9.17, 15) is 4.79 Å². The van der Waals surface area contributed by atoms with E-state index in [2.05, 4.69) is 15.4 Å². The summed E-state index contributed by atoms with van der Waals surface area (Å²) < 4.78 is 17.1. The van der Waals surface area contributed by atoms with Gasteiger partial charge in [0, 0.05) is 11.8 Å². The first-order chi connectivity index (χ1) is 12.7. The van der Waals surface area contributed by atoms with Crippen LogP contribution in [0.15, 0.2) is 41.2 Å². The van der Waals surface area contributed by atoms with Gasteiger partial charge < -0.3 is 19.5 Å². The highest BCUT2D eigenvalue weighted by atomic mass is 32.1. The molecule has 9 heteroatoms. The fourth-order valence-corrected chi connectivity index (χ4v) is 3.57. The summed E-state index contributed by atoms with van der Waals surface area (Å²) in [6.45, 7) is 0.148. The second-order valence-electron chi connectivity index (χ2n) is 5.59. The molecule has 0 amide bonds. The topological polar surface area (TPSA) is 87.0 Å². The second kappa shape index (κ2) is 5.60. The molecule has 0 saturated carbocycles. The minimum Gasteiger partial charge on any atom is -0.497 e. The average molecular weight is 368 g/mol. The fourth-order valence-electron chi connectivity index (χ4n) is 2.75. The molecule has 2 aromatic heterocycles. The maximum atomic E-state index is 12.8. The Morgan fingerprint density at radius 2 is 1.96 bits per heavy atom. The number of aromatic nitrogens is 3. The standard InChI is InChI=1S/C17H12N4O4S/c1-23-10-4-2-9(3-5-10)18-16-20-21-15(22)11-6-13-14(25-8-24-13)7-12(11)19-17(21)26-16/h2-7H,8H2,1H3,(H,18,20). The second-order valence-corrected chi connectivity index (χ2v) is 6.55. The van der Waals surface area contributed by atoms with Crippen molar-refractivity contribution in [3.05, 3.63) is 46.8 Å². The van der Waals surface area contributed by atoms with Gasteiger partial charge in [0.1, 0.15) is 5.75 Å². The number of ether oxygens (including phenoxy) is 3. The van der Waals surface area contributed by atoms with Crippen molar-refractivity contribution in [3.63, 3.8) is 0 Å². The van der Waals surface area contributed by atoms with Crippen LogP contribution in [0.3, 0.4) is 0 Å². The molecule has 1 aliphatic heterocycles. The van der Waals surface area contributed by atoms with Gasteiger partial charge in [-0.3, -0.25) is 4.79 Å². The lowest BCUT2D eigenvalue weighted by atomic mass is 10.2. The first kappa shape index (κ1) is 15.0. The molecule has 1 aliphatic rings. The van der Waals surface area contributed by atoms with Gasteiger partial charge in [-0.15, -0.1) is 5.10 Å². The van der Waals surface area contributed by atoms with Gasteiger partial charge in [-0.2, -0.15) is 4.52 Å². The van der Waals surface area contributed by atoms with E-state index in [1.54, 1.807) is 19.2 Å². The highest BCUT2D eigenvalue weighted by molar-refractivity contribution is 7.20. The summed E-state index contributed by atoms with van der Waals surface area (Å²) in [4.78, 5) is 17.8. The summed E-state index contributed by atoms with van der Waals surface area (Å²) in [5.74, 6) is 1.90. The van der Waals surface area contributed by atoms with Crippen molar-refractivity contribution < 1.29 is 14.2 Å². The van der Waals surface area contributed by atoms with Gasteiger partial charge in [0.05, 0.1) is 18.0 Å². The van der Waals surface area contributed by atoms with Crippen molar-refractivity contribution in [2.24, 2.45) is 0 Å². The lowest BCUT2D eigenvalue weighted by Crippen LogP contribution is -2.15. The molecule has 0 saturated heterocycles. The first-order valence-electron chi connectivity index (χ1n) is 7.75. The largest absolute Gasteiger partial charge is 0.497 e. The zero-order chi connectivity index (χ0) is 17.7. The minimum atomic E-state index is -0.248. The van der Waals surface area contributed by atoms with Crippen LogP contribution >= 0.6 is 11.3 Å². The number of nitrogens with zero attached hydrogens (tertiary/aromatic N) is 3. The van der Waals surface area contributed by atoms with E-state index >= 15 is 0 Å². The van der Waals surface area contributed by atoms with E-state index in [0.29, 0.717) is 32.5 Å². The summed E-state index contributed by atoms with van der Waals surface area (Å²) in [6.07, 6.45) is 0. The lowest BCUT2D eigenvalue weighted by molar-refractivity contribution is 0.174. The average Bonchev–Trinajstić information content (AvgIpc) is 3.27. The number of benzene rings is 2. The molecule has 26 heavy (non-hydrogen) atoms. The number of fused-ring (bicyclic) bond motifs is 3. The third-order valence-corrected chi connectivity index (χ3v) is 4.85. The highest BCUT2D eigenvalue weighted by Crippen LogP contribution is 2.35. The zero-order valence-corrected chi connectivity index (χ0v) is 14.4. The Morgan fingerprint density at radius 3 is 2.73 bits per heavy atom. The molecule has 2 aromatic carbocycles. The SMILES string of the molecule is COc1ccc(Nc2nn3c(=O)c4cc5c(cc4nc3s2)OCO5)cc1.